The summed E-state index contributed by atoms with van der Waals surface area (Å²) >= 11 is 6.35. The van der Waals surface area contributed by atoms with E-state index in [9.17, 15) is 9.59 Å². The van der Waals surface area contributed by atoms with Crippen LogP contribution in [-0.4, -0.2) is 31.7 Å². The number of urea groups is 1. The summed E-state index contributed by atoms with van der Waals surface area (Å²) in [4.78, 5) is 24.5. The summed E-state index contributed by atoms with van der Waals surface area (Å²) in [5.74, 6) is 1.01. The number of benzene rings is 2. The van der Waals surface area contributed by atoms with Crippen LogP contribution >= 0.6 is 11.6 Å². The zero-order valence-electron chi connectivity index (χ0n) is 18.0. The molecule has 166 valence electrons. The van der Waals surface area contributed by atoms with Crippen LogP contribution in [0.2, 0.25) is 5.02 Å². The molecule has 1 fully saturated rings. The first-order valence-electron chi connectivity index (χ1n) is 10.3. The molecule has 0 aliphatic heterocycles. The van der Waals surface area contributed by atoms with E-state index in [1.165, 1.54) is 7.11 Å². The first kappa shape index (κ1) is 22.7. The van der Waals surface area contributed by atoms with Gasteiger partial charge in [-0.1, -0.05) is 25.4 Å². The topological polar surface area (TPSA) is 88.7 Å². The lowest BCUT2D eigenvalue weighted by atomic mass is 10.1. The average molecular weight is 446 g/mol. The van der Waals surface area contributed by atoms with Gasteiger partial charge in [-0.2, -0.15) is 0 Å². The van der Waals surface area contributed by atoms with Gasteiger partial charge in [-0.15, -0.1) is 0 Å². The summed E-state index contributed by atoms with van der Waals surface area (Å²) in [6.45, 7) is 4.74. The van der Waals surface area contributed by atoms with Gasteiger partial charge in [0.2, 0.25) is 0 Å². The van der Waals surface area contributed by atoms with E-state index < -0.39 is 0 Å². The number of hydrogen-bond acceptors (Lipinski definition) is 4. The molecule has 2 aromatic rings. The van der Waals surface area contributed by atoms with Crippen molar-refractivity contribution >= 4 is 34.9 Å². The van der Waals surface area contributed by atoms with E-state index >= 15 is 0 Å². The number of carbonyl (C=O) groups excluding carboxylic acids is 2. The first-order chi connectivity index (χ1) is 14.9. The number of anilines is 2. The molecule has 31 heavy (non-hydrogen) atoms. The molecule has 2 aromatic carbocycles. The largest absolute Gasteiger partial charge is 0.493 e. The summed E-state index contributed by atoms with van der Waals surface area (Å²) in [5.41, 5.74) is 1.58. The van der Waals surface area contributed by atoms with Gasteiger partial charge in [0.1, 0.15) is 0 Å². The minimum atomic E-state index is -0.332. The number of ether oxygens (including phenoxy) is 2. The fraction of sp³-hybridized carbons (Fsp3) is 0.391. The van der Waals surface area contributed by atoms with Crippen LogP contribution in [0.3, 0.4) is 0 Å². The molecular formula is C23H28ClN3O4. The zero-order valence-corrected chi connectivity index (χ0v) is 18.7. The molecule has 1 aliphatic rings. The van der Waals surface area contributed by atoms with Crippen LogP contribution in [-0.2, 0) is 0 Å². The Kier molecular flexibility index (Phi) is 7.63. The molecule has 0 heterocycles. The number of hydrogen-bond donors (Lipinski definition) is 3. The maximum absolute atomic E-state index is 12.7. The van der Waals surface area contributed by atoms with Crippen LogP contribution in [0.4, 0.5) is 16.2 Å². The maximum Gasteiger partial charge on any atom is 0.319 e. The third-order valence-corrected chi connectivity index (χ3v) is 5.03. The molecule has 0 atom stereocenters. The average Bonchev–Trinajstić information content (AvgIpc) is 3.53. The van der Waals surface area contributed by atoms with Crippen molar-refractivity contribution in [1.82, 2.24) is 5.32 Å². The fourth-order valence-corrected chi connectivity index (χ4v) is 3.07. The first-order valence-corrected chi connectivity index (χ1v) is 10.7. The Bertz CT molecular complexity index is 927. The van der Waals surface area contributed by atoms with E-state index in [-0.39, 0.29) is 18.0 Å². The number of rotatable bonds is 9. The van der Waals surface area contributed by atoms with E-state index in [0.29, 0.717) is 46.0 Å². The molecule has 8 heteroatoms. The highest BCUT2D eigenvalue weighted by atomic mass is 35.5. The van der Waals surface area contributed by atoms with Gasteiger partial charge in [-0.3, -0.25) is 4.79 Å². The van der Waals surface area contributed by atoms with Crippen LogP contribution in [0.25, 0.3) is 0 Å². The van der Waals surface area contributed by atoms with E-state index in [1.807, 2.05) is 0 Å². The van der Waals surface area contributed by atoms with Crippen molar-refractivity contribution in [2.75, 3.05) is 24.4 Å². The predicted molar refractivity (Wildman–Crippen MR) is 123 cm³/mol. The standard InChI is InChI=1S/C23H28ClN3O4/c1-14(2)10-11-31-21-19(24)12-15(13-20(21)30-3)22(28)25-16-4-6-17(7-5-16)26-23(29)27-18-8-9-18/h4-7,12-14,18H,8-11H2,1-3H3,(H,25,28)(H2,26,27,29). The molecule has 0 spiro atoms. The molecule has 7 nitrogen and oxygen atoms in total. The molecule has 1 saturated carbocycles. The smallest absolute Gasteiger partial charge is 0.319 e. The molecule has 0 aromatic heterocycles. The van der Waals surface area contributed by atoms with Crippen LogP contribution in [0.1, 0.15) is 43.5 Å². The third-order valence-electron chi connectivity index (χ3n) is 4.75. The molecule has 1 aliphatic carbocycles. The second-order valence-corrected chi connectivity index (χ2v) is 8.33. The summed E-state index contributed by atoms with van der Waals surface area (Å²) in [5, 5.41) is 8.75. The quantitative estimate of drug-likeness (QED) is 0.488. The molecular weight excluding hydrogens is 418 g/mol. The van der Waals surface area contributed by atoms with Gasteiger partial charge in [0.15, 0.2) is 11.5 Å². The van der Waals surface area contributed by atoms with Crippen molar-refractivity contribution in [1.29, 1.82) is 0 Å². The molecule has 0 radical (unpaired) electrons. The molecule has 0 saturated heterocycles. The molecule has 3 amide bonds. The van der Waals surface area contributed by atoms with E-state index in [0.717, 1.165) is 19.3 Å². The van der Waals surface area contributed by atoms with Crippen molar-refractivity contribution in [3.63, 3.8) is 0 Å². The van der Waals surface area contributed by atoms with Crippen molar-refractivity contribution in [3.8, 4) is 11.5 Å². The fourth-order valence-electron chi connectivity index (χ4n) is 2.81. The van der Waals surface area contributed by atoms with Crippen LogP contribution < -0.4 is 25.4 Å². The van der Waals surface area contributed by atoms with Crippen molar-refractivity contribution in [2.24, 2.45) is 5.92 Å². The van der Waals surface area contributed by atoms with Gasteiger partial charge in [-0.25, -0.2) is 4.79 Å². The Hall–Kier alpha value is -2.93. The number of amides is 3. The molecule has 0 bridgehead atoms. The van der Waals surface area contributed by atoms with Gasteiger partial charge in [0, 0.05) is 23.0 Å². The maximum atomic E-state index is 12.7. The highest BCUT2D eigenvalue weighted by Crippen LogP contribution is 2.37. The van der Waals surface area contributed by atoms with Crippen molar-refractivity contribution in [2.45, 2.75) is 39.2 Å². The minimum Gasteiger partial charge on any atom is -0.493 e. The van der Waals surface area contributed by atoms with E-state index in [4.69, 9.17) is 21.1 Å². The Balaban J connectivity index is 1.62. The Morgan fingerprint density at radius 1 is 1.10 bits per heavy atom. The van der Waals surface area contributed by atoms with Crippen LogP contribution in [0.15, 0.2) is 36.4 Å². The number of methoxy groups -OCH3 is 1. The van der Waals surface area contributed by atoms with Crippen LogP contribution in [0, 0.1) is 5.92 Å². The second-order valence-electron chi connectivity index (χ2n) is 7.92. The Labute approximate surface area is 187 Å². The van der Waals surface area contributed by atoms with Gasteiger partial charge in [-0.05, 0) is 61.6 Å². The summed E-state index contributed by atoms with van der Waals surface area (Å²) < 4.78 is 11.1. The summed E-state index contributed by atoms with van der Waals surface area (Å²) in [7, 11) is 1.51. The minimum absolute atomic E-state index is 0.225. The Morgan fingerprint density at radius 2 is 1.74 bits per heavy atom. The van der Waals surface area contributed by atoms with Crippen LogP contribution in [0.5, 0.6) is 11.5 Å². The molecule has 0 unspecified atom stereocenters. The normalized spacial score (nSPS) is 12.9. The number of nitrogens with one attached hydrogen (secondary N) is 3. The van der Waals surface area contributed by atoms with Crippen molar-refractivity contribution < 1.29 is 19.1 Å². The van der Waals surface area contributed by atoms with E-state index in [2.05, 4.69) is 29.8 Å². The third kappa shape index (κ3) is 6.79. The van der Waals surface area contributed by atoms with Gasteiger partial charge in [0.05, 0.1) is 18.7 Å². The van der Waals surface area contributed by atoms with Crippen molar-refractivity contribution in [3.05, 3.63) is 47.0 Å². The highest BCUT2D eigenvalue weighted by Gasteiger charge is 2.23. The monoisotopic (exact) mass is 445 g/mol. The number of carbonyl (C=O) groups is 2. The lowest BCUT2D eigenvalue weighted by Crippen LogP contribution is -2.30. The second kappa shape index (κ2) is 10.4. The van der Waals surface area contributed by atoms with Gasteiger partial charge in [0.25, 0.3) is 5.91 Å². The lowest BCUT2D eigenvalue weighted by molar-refractivity contribution is 0.102. The molecule has 3 N–H and O–H groups in total. The number of halogens is 1. The summed E-state index contributed by atoms with van der Waals surface area (Å²) in [6, 6.07) is 10.1. The molecule has 3 rings (SSSR count). The van der Waals surface area contributed by atoms with Gasteiger partial charge >= 0.3 is 6.03 Å². The zero-order chi connectivity index (χ0) is 22.4. The highest BCUT2D eigenvalue weighted by molar-refractivity contribution is 6.32. The lowest BCUT2D eigenvalue weighted by Gasteiger charge is -2.15. The summed E-state index contributed by atoms with van der Waals surface area (Å²) in [6.07, 6.45) is 2.94. The van der Waals surface area contributed by atoms with E-state index in [1.54, 1.807) is 36.4 Å². The van der Waals surface area contributed by atoms with Gasteiger partial charge < -0.3 is 25.4 Å². The predicted octanol–water partition coefficient (Wildman–Crippen LogP) is 5.31. The Morgan fingerprint density at radius 3 is 2.32 bits per heavy atom. The SMILES string of the molecule is COc1cc(C(=O)Nc2ccc(NC(=O)NC3CC3)cc2)cc(Cl)c1OCCC(C)C.